The van der Waals surface area contributed by atoms with Gasteiger partial charge in [-0.1, -0.05) is 29.8 Å². The van der Waals surface area contributed by atoms with Crippen LogP contribution < -0.4 is 10.6 Å². The third-order valence-corrected chi connectivity index (χ3v) is 5.20. The smallest absolute Gasteiger partial charge is 0.234 e. The average Bonchev–Trinajstić information content (AvgIpc) is 3.35. The molecule has 1 aromatic carbocycles. The van der Waals surface area contributed by atoms with Crippen molar-refractivity contribution >= 4 is 5.91 Å². The number of carbonyl (C=O) groups excluding carboxylic acids is 1. The summed E-state index contributed by atoms with van der Waals surface area (Å²) in [6.07, 6.45) is 5.91. The highest BCUT2D eigenvalue weighted by Crippen LogP contribution is 2.40. The zero-order chi connectivity index (χ0) is 17.2. The zero-order valence-electron chi connectivity index (χ0n) is 14.6. The first-order valence-electron chi connectivity index (χ1n) is 9.15. The van der Waals surface area contributed by atoms with E-state index in [1.807, 2.05) is 4.68 Å². The molecule has 1 saturated carbocycles. The minimum Gasteiger partial charge on any atom is -0.348 e. The Morgan fingerprint density at radius 1 is 1.28 bits per heavy atom. The highest BCUT2D eigenvalue weighted by molar-refractivity contribution is 5.78. The summed E-state index contributed by atoms with van der Waals surface area (Å²) < 4.78 is 1.93. The van der Waals surface area contributed by atoms with E-state index in [4.69, 9.17) is 0 Å². The molecule has 2 unspecified atom stereocenters. The fraction of sp³-hybridized carbons (Fsp3) is 0.526. The molecule has 1 aromatic heterocycles. The largest absolute Gasteiger partial charge is 0.348 e. The van der Waals surface area contributed by atoms with Gasteiger partial charge in [-0.3, -0.25) is 4.79 Å². The number of nitrogens with zero attached hydrogens (tertiary/aromatic N) is 3. The molecule has 132 valence electrons. The summed E-state index contributed by atoms with van der Waals surface area (Å²) in [7, 11) is 0. The Labute approximate surface area is 148 Å². The van der Waals surface area contributed by atoms with E-state index in [-0.39, 0.29) is 18.0 Å². The number of aryl methyl sites for hydroxylation is 2. The van der Waals surface area contributed by atoms with Crippen LogP contribution in [0.5, 0.6) is 0 Å². The van der Waals surface area contributed by atoms with Crippen molar-refractivity contribution in [2.45, 2.75) is 51.2 Å². The van der Waals surface area contributed by atoms with Crippen molar-refractivity contribution in [2.75, 3.05) is 6.54 Å². The maximum atomic E-state index is 12.5. The number of benzene rings is 1. The first kappa shape index (κ1) is 16.3. The molecule has 6 heteroatoms. The SMILES string of the molecule is Cc1ccc(C(NC(=O)CNC2CCc3ncnn3C2)C2CC2)cc1. The van der Waals surface area contributed by atoms with E-state index in [9.17, 15) is 4.79 Å². The standard InChI is InChI=1S/C19H25N5O/c1-13-2-4-14(5-3-13)19(15-6-7-15)23-18(25)10-20-16-8-9-17-21-12-22-24(17)11-16/h2-5,12,15-16,19-20H,6-11H2,1H3,(H,23,25). The number of carbonyl (C=O) groups is 1. The predicted molar refractivity (Wildman–Crippen MR) is 94.9 cm³/mol. The van der Waals surface area contributed by atoms with E-state index < -0.39 is 0 Å². The van der Waals surface area contributed by atoms with E-state index >= 15 is 0 Å². The number of fused-ring (bicyclic) bond motifs is 1. The van der Waals surface area contributed by atoms with Crippen LogP contribution in [0.2, 0.25) is 0 Å². The third kappa shape index (κ3) is 3.90. The molecular formula is C19H25N5O. The fourth-order valence-electron chi connectivity index (χ4n) is 3.54. The van der Waals surface area contributed by atoms with Crippen LogP contribution in [-0.4, -0.2) is 33.3 Å². The molecule has 1 aliphatic carbocycles. The van der Waals surface area contributed by atoms with Crippen LogP contribution >= 0.6 is 0 Å². The van der Waals surface area contributed by atoms with E-state index in [1.54, 1.807) is 6.33 Å². The molecule has 0 saturated heterocycles. The number of hydrogen-bond acceptors (Lipinski definition) is 4. The van der Waals surface area contributed by atoms with Crippen LogP contribution in [0.4, 0.5) is 0 Å². The quantitative estimate of drug-likeness (QED) is 0.841. The van der Waals surface area contributed by atoms with Crippen molar-refractivity contribution in [1.82, 2.24) is 25.4 Å². The molecule has 6 nitrogen and oxygen atoms in total. The van der Waals surface area contributed by atoms with Crippen molar-refractivity contribution in [3.8, 4) is 0 Å². The molecule has 2 heterocycles. The van der Waals surface area contributed by atoms with Gasteiger partial charge in [0, 0.05) is 12.5 Å². The number of nitrogens with one attached hydrogen (secondary N) is 2. The first-order chi connectivity index (χ1) is 12.2. The van der Waals surface area contributed by atoms with Crippen molar-refractivity contribution < 1.29 is 4.79 Å². The normalized spacial score (nSPS) is 20.8. The molecule has 2 aliphatic rings. The second-order valence-corrected chi connectivity index (χ2v) is 7.27. The summed E-state index contributed by atoms with van der Waals surface area (Å²) in [4.78, 5) is 16.7. The van der Waals surface area contributed by atoms with E-state index in [1.165, 1.54) is 24.0 Å². The highest BCUT2D eigenvalue weighted by Gasteiger charge is 2.33. The highest BCUT2D eigenvalue weighted by atomic mass is 16.2. The second kappa shape index (κ2) is 6.96. The van der Waals surface area contributed by atoms with Gasteiger partial charge >= 0.3 is 0 Å². The maximum Gasteiger partial charge on any atom is 0.234 e. The summed E-state index contributed by atoms with van der Waals surface area (Å²) in [5.41, 5.74) is 2.46. The average molecular weight is 339 g/mol. The summed E-state index contributed by atoms with van der Waals surface area (Å²) in [6, 6.07) is 8.93. The van der Waals surface area contributed by atoms with E-state index in [0.717, 1.165) is 25.2 Å². The summed E-state index contributed by atoms with van der Waals surface area (Å²) in [6.45, 7) is 3.22. The Morgan fingerprint density at radius 3 is 2.84 bits per heavy atom. The van der Waals surface area contributed by atoms with Gasteiger partial charge in [-0.05, 0) is 37.7 Å². The Kier molecular flexibility index (Phi) is 4.53. The van der Waals surface area contributed by atoms with Gasteiger partial charge in [-0.25, -0.2) is 9.67 Å². The minimum atomic E-state index is 0.0712. The maximum absolute atomic E-state index is 12.5. The van der Waals surface area contributed by atoms with Crippen LogP contribution in [0.3, 0.4) is 0 Å². The van der Waals surface area contributed by atoms with Gasteiger partial charge in [-0.15, -0.1) is 0 Å². The molecular weight excluding hydrogens is 314 g/mol. The van der Waals surface area contributed by atoms with Gasteiger partial charge in [0.2, 0.25) is 5.91 Å². The number of amides is 1. The fourth-order valence-corrected chi connectivity index (χ4v) is 3.54. The van der Waals surface area contributed by atoms with Gasteiger partial charge < -0.3 is 10.6 Å². The molecule has 25 heavy (non-hydrogen) atoms. The van der Waals surface area contributed by atoms with Gasteiger partial charge in [0.15, 0.2) is 0 Å². The monoisotopic (exact) mass is 339 g/mol. The predicted octanol–water partition coefficient (Wildman–Crippen LogP) is 1.76. The summed E-state index contributed by atoms with van der Waals surface area (Å²) >= 11 is 0. The van der Waals surface area contributed by atoms with Crippen molar-refractivity contribution in [3.63, 3.8) is 0 Å². The Bertz CT molecular complexity index is 735. The van der Waals surface area contributed by atoms with Gasteiger partial charge in [0.05, 0.1) is 19.1 Å². The van der Waals surface area contributed by atoms with Crippen LogP contribution in [0.15, 0.2) is 30.6 Å². The summed E-state index contributed by atoms with van der Waals surface area (Å²) in [5, 5.41) is 10.8. The first-order valence-corrected chi connectivity index (χ1v) is 9.15. The van der Waals surface area contributed by atoms with Gasteiger partial charge in [0.1, 0.15) is 12.2 Å². The van der Waals surface area contributed by atoms with E-state index in [0.29, 0.717) is 12.5 Å². The molecule has 1 aliphatic heterocycles. The Hall–Kier alpha value is -2.21. The molecule has 2 atom stereocenters. The molecule has 1 fully saturated rings. The Morgan fingerprint density at radius 2 is 2.08 bits per heavy atom. The lowest BCUT2D eigenvalue weighted by molar-refractivity contribution is -0.121. The number of hydrogen-bond donors (Lipinski definition) is 2. The van der Waals surface area contributed by atoms with Gasteiger partial charge in [0.25, 0.3) is 0 Å². The molecule has 4 rings (SSSR count). The van der Waals surface area contributed by atoms with Gasteiger partial charge in [-0.2, -0.15) is 5.10 Å². The molecule has 2 aromatic rings. The van der Waals surface area contributed by atoms with Crippen LogP contribution in [-0.2, 0) is 17.8 Å². The molecule has 2 N–H and O–H groups in total. The van der Waals surface area contributed by atoms with E-state index in [2.05, 4.69) is 51.9 Å². The lowest BCUT2D eigenvalue weighted by Crippen LogP contribution is -2.44. The van der Waals surface area contributed by atoms with Crippen LogP contribution in [0.1, 0.15) is 42.3 Å². The zero-order valence-corrected chi connectivity index (χ0v) is 14.6. The lowest BCUT2D eigenvalue weighted by Gasteiger charge is -2.24. The molecule has 1 amide bonds. The lowest BCUT2D eigenvalue weighted by atomic mass is 10.0. The minimum absolute atomic E-state index is 0.0712. The molecule has 0 spiro atoms. The molecule has 0 radical (unpaired) electrons. The topological polar surface area (TPSA) is 71.8 Å². The van der Waals surface area contributed by atoms with Crippen LogP contribution in [0.25, 0.3) is 0 Å². The number of aromatic nitrogens is 3. The second-order valence-electron chi connectivity index (χ2n) is 7.27. The van der Waals surface area contributed by atoms with Crippen LogP contribution in [0, 0.1) is 12.8 Å². The number of rotatable bonds is 6. The summed E-state index contributed by atoms with van der Waals surface area (Å²) in [5.74, 6) is 1.69. The Balaban J connectivity index is 1.31. The van der Waals surface area contributed by atoms with Crippen molar-refractivity contribution in [2.24, 2.45) is 5.92 Å². The third-order valence-electron chi connectivity index (χ3n) is 5.20. The molecule has 0 bridgehead atoms. The van der Waals surface area contributed by atoms with Crippen molar-refractivity contribution in [1.29, 1.82) is 0 Å². The van der Waals surface area contributed by atoms with Crippen molar-refractivity contribution in [3.05, 3.63) is 47.5 Å².